The van der Waals surface area contributed by atoms with E-state index in [1.165, 1.54) is 12.1 Å². The lowest BCUT2D eigenvalue weighted by molar-refractivity contribution is 0.0659. The van der Waals surface area contributed by atoms with Crippen LogP contribution in [0.25, 0.3) is 0 Å². The highest BCUT2D eigenvalue weighted by Crippen LogP contribution is 2.12. The Morgan fingerprint density at radius 2 is 2.00 bits per heavy atom. The van der Waals surface area contributed by atoms with Crippen LogP contribution in [0, 0.1) is 13.8 Å². The van der Waals surface area contributed by atoms with Crippen LogP contribution in [0.1, 0.15) is 38.1 Å². The molecule has 0 atom stereocenters. The molecule has 0 bridgehead atoms. The quantitative estimate of drug-likeness (QED) is 0.867. The molecule has 0 aromatic carbocycles. The van der Waals surface area contributed by atoms with Gasteiger partial charge in [0.25, 0.3) is 5.91 Å². The molecule has 2 aromatic heterocycles. The molecule has 2 aromatic rings. The molecule has 0 spiro atoms. The smallest absolute Gasteiger partial charge is 0.371 e. The van der Waals surface area contributed by atoms with Crippen molar-refractivity contribution in [3.05, 3.63) is 40.7 Å². The third-order valence-electron chi connectivity index (χ3n) is 2.65. The Morgan fingerprint density at radius 3 is 2.53 bits per heavy atom. The van der Waals surface area contributed by atoms with E-state index in [9.17, 15) is 9.59 Å². The zero-order chi connectivity index (χ0) is 14.0. The molecule has 2 rings (SSSR count). The predicted molar refractivity (Wildman–Crippen MR) is 62.8 cm³/mol. The minimum atomic E-state index is -1.22. The van der Waals surface area contributed by atoms with Crippen molar-refractivity contribution in [3.63, 3.8) is 0 Å². The van der Waals surface area contributed by atoms with Gasteiger partial charge >= 0.3 is 5.97 Å². The number of aromatic nitrogens is 1. The summed E-state index contributed by atoms with van der Waals surface area (Å²) in [6.45, 7) is 3.76. The monoisotopic (exact) mass is 264 g/mol. The van der Waals surface area contributed by atoms with E-state index in [1.807, 2.05) is 0 Å². The maximum absolute atomic E-state index is 11.7. The zero-order valence-electron chi connectivity index (χ0n) is 10.4. The third kappa shape index (κ3) is 2.65. The molecule has 2 heterocycles. The minimum Gasteiger partial charge on any atom is -0.475 e. The van der Waals surface area contributed by atoms with Crippen LogP contribution in [0.2, 0.25) is 0 Å². The number of furan rings is 1. The highest BCUT2D eigenvalue weighted by atomic mass is 16.5. The summed E-state index contributed by atoms with van der Waals surface area (Å²) in [6.07, 6.45) is 0. The van der Waals surface area contributed by atoms with Gasteiger partial charge in [-0.3, -0.25) is 4.79 Å². The molecule has 0 saturated heterocycles. The summed E-state index contributed by atoms with van der Waals surface area (Å²) in [4.78, 5) is 22.4. The van der Waals surface area contributed by atoms with Crippen LogP contribution in [0.15, 0.2) is 21.1 Å². The van der Waals surface area contributed by atoms with Gasteiger partial charge in [-0.2, -0.15) is 0 Å². The van der Waals surface area contributed by atoms with Gasteiger partial charge in [-0.1, -0.05) is 5.16 Å². The number of hydrogen-bond donors (Lipinski definition) is 2. The van der Waals surface area contributed by atoms with Gasteiger partial charge in [0.15, 0.2) is 5.76 Å². The molecule has 100 valence electrons. The first kappa shape index (κ1) is 12.9. The second-order valence-corrected chi connectivity index (χ2v) is 3.95. The van der Waals surface area contributed by atoms with E-state index < -0.39 is 11.9 Å². The van der Waals surface area contributed by atoms with Crippen LogP contribution in [0.4, 0.5) is 0 Å². The number of aryl methyl sites for hydroxylation is 2. The molecule has 0 unspecified atom stereocenters. The molecule has 0 aliphatic rings. The van der Waals surface area contributed by atoms with E-state index >= 15 is 0 Å². The zero-order valence-corrected chi connectivity index (χ0v) is 10.4. The number of carbonyl (C=O) groups excluding carboxylic acids is 1. The van der Waals surface area contributed by atoms with Crippen LogP contribution in [-0.2, 0) is 6.54 Å². The molecule has 1 amide bonds. The van der Waals surface area contributed by atoms with Crippen LogP contribution < -0.4 is 5.32 Å². The van der Waals surface area contributed by atoms with E-state index in [2.05, 4.69) is 10.5 Å². The fraction of sp³-hybridized carbons (Fsp3) is 0.250. The van der Waals surface area contributed by atoms with Gasteiger partial charge in [0, 0.05) is 12.1 Å². The standard InChI is InChI=1S/C12H12N2O5/c1-6-8(7(2)19-14-6)5-13-11(15)9-3-4-10(18-9)12(16)17/h3-4H,5H2,1-2H3,(H,13,15)(H,16,17). The predicted octanol–water partition coefficient (Wildman–Crippen LogP) is 1.51. The summed E-state index contributed by atoms with van der Waals surface area (Å²) in [6, 6.07) is 2.54. The average molecular weight is 264 g/mol. The van der Waals surface area contributed by atoms with E-state index in [0.29, 0.717) is 11.5 Å². The van der Waals surface area contributed by atoms with Gasteiger partial charge < -0.3 is 19.4 Å². The molecule has 0 aliphatic carbocycles. The minimum absolute atomic E-state index is 0.0517. The first-order valence-electron chi connectivity index (χ1n) is 5.52. The normalized spacial score (nSPS) is 10.4. The van der Waals surface area contributed by atoms with E-state index in [1.54, 1.807) is 13.8 Å². The van der Waals surface area contributed by atoms with Gasteiger partial charge in [0.05, 0.1) is 5.69 Å². The Bertz CT molecular complexity index is 606. The lowest BCUT2D eigenvalue weighted by atomic mass is 10.2. The maximum atomic E-state index is 11.7. The molecule has 0 radical (unpaired) electrons. The van der Waals surface area contributed by atoms with Crippen molar-refractivity contribution < 1.29 is 23.6 Å². The molecule has 0 fully saturated rings. The highest BCUT2D eigenvalue weighted by molar-refractivity contribution is 5.93. The summed E-state index contributed by atoms with van der Waals surface area (Å²) in [5, 5.41) is 15.1. The number of carboxylic acids is 1. The molecule has 2 N–H and O–H groups in total. The summed E-state index contributed by atoms with van der Waals surface area (Å²) >= 11 is 0. The number of hydrogen-bond acceptors (Lipinski definition) is 5. The number of carbonyl (C=O) groups is 2. The lowest BCUT2D eigenvalue weighted by Gasteiger charge is -2.02. The van der Waals surface area contributed by atoms with Crippen molar-refractivity contribution in [1.29, 1.82) is 0 Å². The summed E-state index contributed by atoms with van der Waals surface area (Å²) in [7, 11) is 0. The van der Waals surface area contributed by atoms with E-state index in [-0.39, 0.29) is 18.1 Å². The van der Waals surface area contributed by atoms with Crippen molar-refractivity contribution in [1.82, 2.24) is 10.5 Å². The van der Waals surface area contributed by atoms with E-state index in [0.717, 1.165) is 5.56 Å². The fourth-order valence-corrected chi connectivity index (χ4v) is 1.58. The second-order valence-electron chi connectivity index (χ2n) is 3.95. The fourth-order valence-electron chi connectivity index (χ4n) is 1.58. The number of nitrogens with one attached hydrogen (secondary N) is 1. The number of amides is 1. The SMILES string of the molecule is Cc1noc(C)c1CNC(=O)c1ccc(C(=O)O)o1. The number of aromatic carboxylic acids is 1. The van der Waals surface area contributed by atoms with Crippen molar-refractivity contribution >= 4 is 11.9 Å². The summed E-state index contributed by atoms with van der Waals surface area (Å²) < 4.78 is 9.85. The summed E-state index contributed by atoms with van der Waals surface area (Å²) in [5.74, 6) is -1.41. The van der Waals surface area contributed by atoms with Crippen LogP contribution in [-0.4, -0.2) is 22.1 Å². The van der Waals surface area contributed by atoms with Gasteiger partial charge in [-0.05, 0) is 26.0 Å². The van der Waals surface area contributed by atoms with Crippen LogP contribution >= 0.6 is 0 Å². The van der Waals surface area contributed by atoms with Gasteiger partial charge in [-0.15, -0.1) is 0 Å². The van der Waals surface area contributed by atoms with Crippen molar-refractivity contribution in [2.75, 3.05) is 0 Å². The Hall–Kier alpha value is -2.57. The summed E-state index contributed by atoms with van der Waals surface area (Å²) in [5.41, 5.74) is 1.49. The van der Waals surface area contributed by atoms with Crippen LogP contribution in [0.3, 0.4) is 0 Å². The largest absolute Gasteiger partial charge is 0.475 e. The molecule has 0 aliphatic heterocycles. The number of nitrogens with zero attached hydrogens (tertiary/aromatic N) is 1. The lowest BCUT2D eigenvalue weighted by Crippen LogP contribution is -2.22. The molecule has 19 heavy (non-hydrogen) atoms. The van der Waals surface area contributed by atoms with Crippen molar-refractivity contribution in [2.45, 2.75) is 20.4 Å². The van der Waals surface area contributed by atoms with Gasteiger partial charge in [0.2, 0.25) is 5.76 Å². The third-order valence-corrected chi connectivity index (χ3v) is 2.65. The highest BCUT2D eigenvalue weighted by Gasteiger charge is 2.16. The van der Waals surface area contributed by atoms with E-state index in [4.69, 9.17) is 14.0 Å². The topological polar surface area (TPSA) is 106 Å². The molecular weight excluding hydrogens is 252 g/mol. The van der Waals surface area contributed by atoms with Crippen molar-refractivity contribution in [2.24, 2.45) is 0 Å². The number of carboxylic acid groups (broad SMARTS) is 1. The Labute approximate surface area is 108 Å². The first-order valence-corrected chi connectivity index (χ1v) is 5.52. The Morgan fingerprint density at radius 1 is 1.32 bits per heavy atom. The molecule has 0 saturated carbocycles. The van der Waals surface area contributed by atoms with Crippen molar-refractivity contribution in [3.8, 4) is 0 Å². The average Bonchev–Trinajstić information content (AvgIpc) is 2.95. The van der Waals surface area contributed by atoms with Gasteiger partial charge in [0.1, 0.15) is 5.76 Å². The van der Waals surface area contributed by atoms with Gasteiger partial charge in [-0.25, -0.2) is 4.79 Å². The molecule has 7 heteroatoms. The number of rotatable bonds is 4. The molecule has 7 nitrogen and oxygen atoms in total. The first-order chi connectivity index (χ1) is 8.99. The Kier molecular flexibility index (Phi) is 3.37. The second kappa shape index (κ2) is 4.97. The van der Waals surface area contributed by atoms with Crippen LogP contribution in [0.5, 0.6) is 0 Å². The maximum Gasteiger partial charge on any atom is 0.371 e. The Balaban J connectivity index is 2.03. The molecular formula is C12H12N2O5.